The fraction of sp³-hybridized carbons (Fsp3) is 0.353. The van der Waals surface area contributed by atoms with Gasteiger partial charge in [-0.15, -0.1) is 0 Å². The summed E-state index contributed by atoms with van der Waals surface area (Å²) in [7, 11) is 0. The lowest BCUT2D eigenvalue weighted by Crippen LogP contribution is -2.61. The molecule has 0 saturated carbocycles. The highest BCUT2D eigenvalue weighted by Gasteiger charge is 2.49. The lowest BCUT2D eigenvalue weighted by Gasteiger charge is -2.44. The van der Waals surface area contributed by atoms with Gasteiger partial charge in [-0.25, -0.2) is 0 Å². The summed E-state index contributed by atoms with van der Waals surface area (Å²) in [5, 5.41) is 1.17. The van der Waals surface area contributed by atoms with Crippen LogP contribution < -0.4 is 31.3 Å². The summed E-state index contributed by atoms with van der Waals surface area (Å²) >= 11 is 0. The van der Waals surface area contributed by atoms with E-state index in [1.54, 1.807) is 0 Å². The van der Waals surface area contributed by atoms with Gasteiger partial charge in [-0.2, -0.15) is 0 Å². The standard InChI is InChI=1S/C68H76BN3O/c1-63(2,3)43-22-29-48(30-23-43)70(47-20-18-17-19-21-47)51-39-57-60-58(40-51)72(50-33-26-45(27-34-50)65(7,8)9)61-52-41-53-54(68(15,16)37-36-67(53,13)14)42-59(52)73-62(61)69(60)55-38-46(66(10,11)12)28-35-56(55)71(57)49-31-24-44(25-32-49)64(4,5)6/h17-35,38-42H,36-37H2,1-16H3. The Balaban J connectivity index is 1.29. The second-order valence-electron chi connectivity index (χ2n) is 27.1. The maximum atomic E-state index is 7.66. The van der Waals surface area contributed by atoms with Crippen LogP contribution in [-0.4, -0.2) is 6.71 Å². The molecule has 11 rings (SSSR count). The van der Waals surface area contributed by atoms with Gasteiger partial charge in [0.1, 0.15) is 5.58 Å². The second kappa shape index (κ2) is 16.5. The van der Waals surface area contributed by atoms with E-state index in [2.05, 4.69) is 271 Å². The molecule has 0 spiro atoms. The first kappa shape index (κ1) is 48.8. The predicted molar refractivity (Wildman–Crippen MR) is 315 cm³/mol. The molecule has 0 saturated heterocycles. The first-order chi connectivity index (χ1) is 34.2. The molecule has 1 aromatic heterocycles. The normalized spacial score (nSPS) is 16.0. The molecule has 372 valence electrons. The van der Waals surface area contributed by atoms with Crippen molar-refractivity contribution >= 4 is 85.5 Å². The van der Waals surface area contributed by atoms with Crippen LogP contribution in [0.4, 0.5) is 51.2 Å². The zero-order valence-electron chi connectivity index (χ0n) is 46.6. The molecule has 1 aliphatic carbocycles. The van der Waals surface area contributed by atoms with Crippen LogP contribution in [0.5, 0.6) is 0 Å². The zero-order chi connectivity index (χ0) is 51.9. The zero-order valence-corrected chi connectivity index (χ0v) is 46.6. The van der Waals surface area contributed by atoms with Crippen LogP contribution >= 0.6 is 0 Å². The van der Waals surface area contributed by atoms with Gasteiger partial charge in [0.2, 0.25) is 0 Å². The summed E-state index contributed by atoms with van der Waals surface area (Å²) in [6.07, 6.45) is 2.27. The van der Waals surface area contributed by atoms with Crippen LogP contribution in [0.15, 0.2) is 150 Å². The van der Waals surface area contributed by atoms with E-state index in [0.717, 1.165) is 69.6 Å². The number of para-hydroxylation sites is 1. The van der Waals surface area contributed by atoms with E-state index in [-0.39, 0.29) is 39.2 Å². The summed E-state index contributed by atoms with van der Waals surface area (Å²) in [5.74, 6) is 0. The minimum Gasteiger partial charge on any atom is -0.468 e. The molecule has 0 unspecified atom stereocenters. The molecule has 5 heteroatoms. The van der Waals surface area contributed by atoms with Crippen molar-refractivity contribution in [2.45, 2.75) is 156 Å². The summed E-state index contributed by atoms with van der Waals surface area (Å²) < 4.78 is 7.66. The van der Waals surface area contributed by atoms with Crippen LogP contribution in [0.1, 0.15) is 157 Å². The molecule has 7 aromatic carbocycles. The number of furan rings is 1. The predicted octanol–water partition coefficient (Wildman–Crippen LogP) is 17.5. The van der Waals surface area contributed by atoms with Gasteiger partial charge in [0.25, 0.3) is 6.71 Å². The van der Waals surface area contributed by atoms with E-state index in [0.29, 0.717) is 0 Å². The van der Waals surface area contributed by atoms with Gasteiger partial charge in [0, 0.05) is 45.2 Å². The summed E-state index contributed by atoms with van der Waals surface area (Å²) in [4.78, 5) is 7.59. The van der Waals surface area contributed by atoms with Crippen LogP contribution in [0, 0.1) is 0 Å². The number of hydrogen-bond acceptors (Lipinski definition) is 4. The smallest absolute Gasteiger partial charge is 0.297 e. The third-order valence-electron chi connectivity index (χ3n) is 16.7. The van der Waals surface area contributed by atoms with Crippen molar-refractivity contribution in [3.8, 4) is 0 Å². The summed E-state index contributed by atoms with van der Waals surface area (Å²) in [5.41, 5.74) is 22.7. The fourth-order valence-corrected chi connectivity index (χ4v) is 12.0. The van der Waals surface area contributed by atoms with Crippen LogP contribution in [0.3, 0.4) is 0 Å². The first-order valence-electron chi connectivity index (χ1n) is 26.9. The van der Waals surface area contributed by atoms with Gasteiger partial charge in [-0.05, 0) is 169 Å². The summed E-state index contributed by atoms with van der Waals surface area (Å²) in [6.45, 7) is 37.2. The molecular weight excluding hydrogens is 886 g/mol. The minimum absolute atomic E-state index is 0.00717. The molecule has 3 aliphatic rings. The Morgan fingerprint density at radius 3 is 1.42 bits per heavy atom. The van der Waals surface area contributed by atoms with Gasteiger partial charge >= 0.3 is 0 Å². The number of fused-ring (bicyclic) bond motifs is 7. The van der Waals surface area contributed by atoms with Crippen molar-refractivity contribution in [2.24, 2.45) is 0 Å². The lowest BCUT2D eigenvalue weighted by atomic mass is 9.35. The number of hydrogen-bond donors (Lipinski definition) is 0. The van der Waals surface area contributed by atoms with Crippen molar-refractivity contribution in [2.75, 3.05) is 14.7 Å². The molecule has 0 amide bonds. The fourth-order valence-electron chi connectivity index (χ4n) is 12.0. The molecule has 0 radical (unpaired) electrons. The number of benzene rings is 7. The lowest BCUT2D eigenvalue weighted by molar-refractivity contribution is 0.332. The molecule has 4 nitrogen and oxygen atoms in total. The van der Waals surface area contributed by atoms with E-state index in [1.807, 2.05) is 0 Å². The van der Waals surface area contributed by atoms with Crippen molar-refractivity contribution in [3.05, 3.63) is 179 Å². The molecular formula is C68H76BN3O. The number of rotatable bonds is 5. The van der Waals surface area contributed by atoms with Crippen molar-refractivity contribution in [1.82, 2.24) is 0 Å². The van der Waals surface area contributed by atoms with Crippen molar-refractivity contribution in [1.29, 1.82) is 0 Å². The third-order valence-corrected chi connectivity index (χ3v) is 16.7. The van der Waals surface area contributed by atoms with Gasteiger partial charge in [0.05, 0.1) is 17.0 Å². The monoisotopic (exact) mass is 962 g/mol. The molecule has 73 heavy (non-hydrogen) atoms. The van der Waals surface area contributed by atoms with E-state index in [1.165, 1.54) is 55.4 Å². The Morgan fingerprint density at radius 1 is 0.452 bits per heavy atom. The van der Waals surface area contributed by atoms with E-state index in [9.17, 15) is 0 Å². The van der Waals surface area contributed by atoms with Gasteiger partial charge in [-0.1, -0.05) is 178 Å². The quantitative estimate of drug-likeness (QED) is 0.160. The first-order valence-corrected chi connectivity index (χ1v) is 26.9. The Labute approximate surface area is 437 Å². The van der Waals surface area contributed by atoms with Gasteiger partial charge < -0.3 is 19.1 Å². The van der Waals surface area contributed by atoms with E-state index < -0.39 is 0 Å². The average Bonchev–Trinajstić information content (AvgIpc) is 3.70. The second-order valence-corrected chi connectivity index (χ2v) is 27.1. The largest absolute Gasteiger partial charge is 0.468 e. The Hall–Kier alpha value is -6.46. The maximum Gasteiger partial charge on any atom is 0.297 e. The van der Waals surface area contributed by atoms with E-state index in [4.69, 9.17) is 4.42 Å². The van der Waals surface area contributed by atoms with Crippen molar-refractivity contribution in [3.63, 3.8) is 0 Å². The highest BCUT2D eigenvalue weighted by Crippen LogP contribution is 2.53. The van der Waals surface area contributed by atoms with Crippen LogP contribution in [0.25, 0.3) is 11.0 Å². The van der Waals surface area contributed by atoms with E-state index >= 15 is 0 Å². The third kappa shape index (κ3) is 8.21. The highest BCUT2D eigenvalue weighted by molar-refractivity contribution is 7.00. The SMILES string of the molecule is CC(C)(C)c1ccc(N(c2ccccc2)c2cc3c4c(c2)N(c2ccc(C(C)(C)C)cc2)c2c(oc5cc6c(cc25)C(C)(C)CCC6(C)C)B4c2cc(C(C)(C)C)ccc2N3c2ccc(C(C)(C)C)cc2)cc1. The van der Waals surface area contributed by atoms with Gasteiger partial charge in [-0.3, -0.25) is 0 Å². The van der Waals surface area contributed by atoms with Crippen molar-refractivity contribution < 1.29 is 4.42 Å². The number of nitrogens with zero attached hydrogens (tertiary/aromatic N) is 3. The minimum atomic E-state index is -0.191. The highest BCUT2D eigenvalue weighted by atomic mass is 16.3. The van der Waals surface area contributed by atoms with Crippen LogP contribution in [-0.2, 0) is 32.5 Å². The molecule has 3 heterocycles. The Kier molecular flexibility index (Phi) is 11.0. The molecule has 0 atom stereocenters. The maximum absolute atomic E-state index is 7.66. The molecule has 2 aliphatic heterocycles. The topological polar surface area (TPSA) is 22.9 Å². The average molecular weight is 962 g/mol. The molecule has 0 fully saturated rings. The molecule has 8 aromatic rings. The summed E-state index contributed by atoms with van der Waals surface area (Å²) in [6, 6.07) is 56.1. The Morgan fingerprint density at radius 2 is 0.904 bits per heavy atom. The number of anilines is 9. The van der Waals surface area contributed by atoms with Gasteiger partial charge in [0.15, 0.2) is 0 Å². The molecule has 0 bridgehead atoms. The van der Waals surface area contributed by atoms with Crippen LogP contribution in [0.2, 0.25) is 0 Å². The molecule has 0 N–H and O–H groups in total. The Bertz CT molecular complexity index is 3420.